The Kier molecular flexibility index (Phi) is 4.13. The first-order valence-corrected chi connectivity index (χ1v) is 10.9. The van der Waals surface area contributed by atoms with E-state index in [1.165, 1.54) is 11.3 Å². The number of thiazole rings is 1. The zero-order chi connectivity index (χ0) is 21.8. The highest BCUT2D eigenvalue weighted by atomic mass is 32.1. The predicted molar refractivity (Wildman–Crippen MR) is 124 cm³/mol. The van der Waals surface area contributed by atoms with Gasteiger partial charge in [-0.2, -0.15) is 0 Å². The smallest absolute Gasteiger partial charge is 0.297 e. The molecule has 156 valence electrons. The molecule has 3 aromatic carbocycles. The fourth-order valence-electron chi connectivity index (χ4n) is 4.18. The van der Waals surface area contributed by atoms with Gasteiger partial charge in [-0.3, -0.25) is 14.5 Å². The van der Waals surface area contributed by atoms with Gasteiger partial charge in [-0.15, -0.1) is 0 Å². The van der Waals surface area contributed by atoms with Crippen LogP contribution in [0.3, 0.4) is 0 Å². The number of ether oxygens (including phenoxy) is 1. The van der Waals surface area contributed by atoms with Gasteiger partial charge in [-0.25, -0.2) is 4.98 Å². The molecule has 6 nitrogen and oxygen atoms in total. The predicted octanol–water partition coefficient (Wildman–Crippen LogP) is 5.16. The average Bonchev–Trinajstić information content (AvgIpc) is 3.38. The molecular weight excluding hydrogens is 424 g/mol. The Morgan fingerprint density at radius 1 is 0.969 bits per heavy atom. The number of carbonyl (C=O) groups excluding carboxylic acids is 1. The summed E-state index contributed by atoms with van der Waals surface area (Å²) in [5.41, 5.74) is 2.09. The van der Waals surface area contributed by atoms with Gasteiger partial charge < -0.3 is 9.15 Å². The van der Waals surface area contributed by atoms with E-state index in [4.69, 9.17) is 14.1 Å². The number of hydrogen-bond acceptors (Lipinski definition) is 6. The summed E-state index contributed by atoms with van der Waals surface area (Å²) >= 11 is 1.41. The maximum absolute atomic E-state index is 13.6. The van der Waals surface area contributed by atoms with Crippen LogP contribution in [0.4, 0.5) is 5.13 Å². The van der Waals surface area contributed by atoms with E-state index in [2.05, 4.69) is 0 Å². The van der Waals surface area contributed by atoms with Gasteiger partial charge in [0.1, 0.15) is 11.3 Å². The van der Waals surface area contributed by atoms with E-state index in [1.807, 2.05) is 48.5 Å². The Bertz CT molecular complexity index is 1540. The Balaban J connectivity index is 1.63. The highest BCUT2D eigenvalue weighted by molar-refractivity contribution is 7.22. The van der Waals surface area contributed by atoms with Crippen molar-refractivity contribution in [2.45, 2.75) is 6.04 Å². The zero-order valence-electron chi connectivity index (χ0n) is 16.9. The third-order valence-electron chi connectivity index (χ3n) is 5.70. The Morgan fingerprint density at radius 2 is 1.72 bits per heavy atom. The molecule has 0 aliphatic carbocycles. The van der Waals surface area contributed by atoms with E-state index in [9.17, 15) is 9.59 Å². The first-order valence-electron chi connectivity index (χ1n) is 10.0. The molecule has 0 saturated heterocycles. The molecule has 7 heteroatoms. The average molecular weight is 440 g/mol. The van der Waals surface area contributed by atoms with Gasteiger partial charge in [-0.05, 0) is 42.0 Å². The molecule has 32 heavy (non-hydrogen) atoms. The van der Waals surface area contributed by atoms with Crippen LogP contribution in [-0.2, 0) is 0 Å². The monoisotopic (exact) mass is 440 g/mol. The largest absolute Gasteiger partial charge is 0.497 e. The quantitative estimate of drug-likeness (QED) is 0.387. The molecule has 0 fully saturated rings. The van der Waals surface area contributed by atoms with Crippen LogP contribution in [-0.4, -0.2) is 18.0 Å². The van der Waals surface area contributed by atoms with Crippen LogP contribution >= 0.6 is 11.3 Å². The van der Waals surface area contributed by atoms with Crippen LogP contribution in [0.15, 0.2) is 82.0 Å². The maximum Gasteiger partial charge on any atom is 0.297 e. The number of hydrogen-bond donors (Lipinski definition) is 0. The summed E-state index contributed by atoms with van der Waals surface area (Å²) in [5.74, 6) is 0.381. The molecule has 0 bridgehead atoms. The minimum absolute atomic E-state index is 0.0637. The third kappa shape index (κ3) is 2.68. The number of aromatic nitrogens is 1. The number of methoxy groups -OCH3 is 1. The Labute approximate surface area is 186 Å². The van der Waals surface area contributed by atoms with Crippen LogP contribution < -0.4 is 15.1 Å². The Hall–Kier alpha value is -3.97. The van der Waals surface area contributed by atoms with Crippen molar-refractivity contribution in [3.8, 4) is 5.75 Å². The Morgan fingerprint density at radius 3 is 2.50 bits per heavy atom. The SMILES string of the molecule is COc1ccc(C2c3c(oc4ccccc4c3=O)C(=O)N2c2nc3ccccc3s2)cc1. The minimum Gasteiger partial charge on any atom is -0.497 e. The standard InChI is InChI=1S/C25H16N2O4S/c1-30-15-12-10-14(11-13-15)21-20-22(28)16-6-2-4-8-18(16)31-23(20)24(29)27(21)25-26-17-7-3-5-9-19(17)32-25/h2-13,21H,1H3. The van der Waals surface area contributed by atoms with Gasteiger partial charge >= 0.3 is 0 Å². The van der Waals surface area contributed by atoms with Crippen LogP contribution in [0.5, 0.6) is 5.75 Å². The van der Waals surface area contributed by atoms with Crippen molar-refractivity contribution in [3.05, 3.63) is 99.9 Å². The van der Waals surface area contributed by atoms with Crippen LogP contribution in [0.2, 0.25) is 0 Å². The van der Waals surface area contributed by atoms with E-state index in [1.54, 1.807) is 36.3 Å². The number of benzene rings is 3. The minimum atomic E-state index is -0.648. The molecule has 0 N–H and O–H groups in total. The van der Waals surface area contributed by atoms with Crippen molar-refractivity contribution in [2.24, 2.45) is 0 Å². The summed E-state index contributed by atoms with van der Waals surface area (Å²) in [6, 6.07) is 21.4. The molecule has 0 spiro atoms. The first-order chi connectivity index (χ1) is 15.7. The van der Waals surface area contributed by atoms with E-state index in [0.717, 1.165) is 15.8 Å². The number of fused-ring (bicyclic) bond motifs is 3. The van der Waals surface area contributed by atoms with Crippen molar-refractivity contribution >= 4 is 43.6 Å². The lowest BCUT2D eigenvalue weighted by molar-refractivity contribution is 0.0971. The molecule has 2 aromatic heterocycles. The highest BCUT2D eigenvalue weighted by Gasteiger charge is 2.45. The second-order valence-corrected chi connectivity index (χ2v) is 8.49. The molecule has 3 heterocycles. The molecule has 6 rings (SSSR count). The van der Waals surface area contributed by atoms with Gasteiger partial charge in [0.25, 0.3) is 5.91 Å². The third-order valence-corrected chi connectivity index (χ3v) is 6.73. The normalized spacial score (nSPS) is 15.5. The van der Waals surface area contributed by atoms with Gasteiger partial charge in [-0.1, -0.05) is 47.7 Å². The fourth-order valence-corrected chi connectivity index (χ4v) is 5.17. The van der Waals surface area contributed by atoms with Gasteiger partial charge in [0.05, 0.1) is 34.3 Å². The fraction of sp³-hybridized carbons (Fsp3) is 0.0800. The molecule has 1 aliphatic heterocycles. The van der Waals surface area contributed by atoms with Gasteiger partial charge in [0.2, 0.25) is 5.76 Å². The summed E-state index contributed by atoms with van der Waals surface area (Å²) in [6.45, 7) is 0. The maximum atomic E-state index is 13.6. The van der Waals surface area contributed by atoms with Crippen LogP contribution in [0, 0.1) is 0 Å². The molecule has 1 atom stereocenters. The first kappa shape index (κ1) is 18.8. The van der Waals surface area contributed by atoms with Crippen molar-refractivity contribution in [1.29, 1.82) is 0 Å². The molecule has 1 aliphatic rings. The van der Waals surface area contributed by atoms with Crippen molar-refractivity contribution < 1.29 is 13.9 Å². The van der Waals surface area contributed by atoms with Crippen molar-refractivity contribution in [1.82, 2.24) is 4.98 Å². The zero-order valence-corrected chi connectivity index (χ0v) is 17.8. The number of amides is 1. The molecule has 1 amide bonds. The second-order valence-electron chi connectivity index (χ2n) is 7.49. The van der Waals surface area contributed by atoms with Crippen LogP contribution in [0.1, 0.15) is 27.7 Å². The summed E-state index contributed by atoms with van der Waals surface area (Å²) in [4.78, 5) is 33.4. The van der Waals surface area contributed by atoms with Crippen LogP contribution in [0.25, 0.3) is 21.2 Å². The number of nitrogens with zero attached hydrogens (tertiary/aromatic N) is 2. The van der Waals surface area contributed by atoms with Crippen molar-refractivity contribution in [2.75, 3.05) is 12.0 Å². The van der Waals surface area contributed by atoms with E-state index >= 15 is 0 Å². The molecule has 5 aromatic rings. The van der Waals surface area contributed by atoms with Crippen molar-refractivity contribution in [3.63, 3.8) is 0 Å². The number of anilines is 1. The summed E-state index contributed by atoms with van der Waals surface area (Å²) in [5, 5.41) is 0.968. The van der Waals surface area contributed by atoms with Gasteiger partial charge in [0.15, 0.2) is 10.6 Å². The van der Waals surface area contributed by atoms with Gasteiger partial charge in [0, 0.05) is 0 Å². The number of para-hydroxylation sites is 2. The lowest BCUT2D eigenvalue weighted by Crippen LogP contribution is -2.29. The topological polar surface area (TPSA) is 72.6 Å². The number of rotatable bonds is 3. The van der Waals surface area contributed by atoms with E-state index in [0.29, 0.717) is 27.4 Å². The molecule has 0 radical (unpaired) electrons. The molecule has 1 unspecified atom stereocenters. The second kappa shape index (κ2) is 7.03. The summed E-state index contributed by atoms with van der Waals surface area (Å²) in [7, 11) is 1.59. The molecule has 0 saturated carbocycles. The lowest BCUT2D eigenvalue weighted by Gasteiger charge is -2.22. The summed E-state index contributed by atoms with van der Waals surface area (Å²) in [6.07, 6.45) is 0. The van der Waals surface area contributed by atoms with E-state index < -0.39 is 6.04 Å². The summed E-state index contributed by atoms with van der Waals surface area (Å²) < 4.78 is 12.2. The highest BCUT2D eigenvalue weighted by Crippen LogP contribution is 2.43. The van der Waals surface area contributed by atoms with E-state index in [-0.39, 0.29) is 17.1 Å². The lowest BCUT2D eigenvalue weighted by atomic mass is 9.98. The number of carbonyl (C=O) groups is 1. The molecular formula is C25H16N2O4S.